The molecule has 1 heterocycles. The van der Waals surface area contributed by atoms with Crippen molar-refractivity contribution < 1.29 is 4.39 Å². The number of halogens is 2. The average molecular weight is 363 g/mol. The summed E-state index contributed by atoms with van der Waals surface area (Å²) in [6, 6.07) is 12.6. The van der Waals surface area contributed by atoms with Gasteiger partial charge in [-0.1, -0.05) is 18.2 Å². The molecule has 106 valence electrons. The Morgan fingerprint density at radius 1 is 1.19 bits per heavy atom. The predicted octanol–water partition coefficient (Wildman–Crippen LogP) is 4.84. The van der Waals surface area contributed by atoms with Crippen molar-refractivity contribution in [2.75, 3.05) is 0 Å². The van der Waals surface area contributed by atoms with Crippen LogP contribution >= 0.6 is 27.3 Å². The molecule has 0 unspecified atom stereocenters. The molecule has 0 atom stereocenters. The van der Waals surface area contributed by atoms with E-state index in [1.54, 1.807) is 17.4 Å². The normalized spacial score (nSPS) is 10.8. The summed E-state index contributed by atoms with van der Waals surface area (Å²) in [6.45, 7) is 0.510. The van der Waals surface area contributed by atoms with Gasteiger partial charge in [0.1, 0.15) is 10.8 Å². The number of nitrogens with two attached hydrogens (primary N) is 1. The molecule has 2 N–H and O–H groups in total. The third kappa shape index (κ3) is 3.05. The predicted molar refractivity (Wildman–Crippen MR) is 88.5 cm³/mol. The molecule has 2 nitrogen and oxygen atoms in total. The molecule has 0 aliphatic carbocycles. The van der Waals surface area contributed by atoms with Gasteiger partial charge in [0.25, 0.3) is 0 Å². The minimum Gasteiger partial charge on any atom is -0.326 e. The first-order chi connectivity index (χ1) is 10.2. The second-order valence-corrected chi connectivity index (χ2v) is 6.28. The van der Waals surface area contributed by atoms with Crippen molar-refractivity contribution in [2.24, 2.45) is 5.73 Å². The number of nitrogens with zero attached hydrogens (tertiary/aromatic N) is 1. The molecule has 0 radical (unpaired) electrons. The van der Waals surface area contributed by atoms with E-state index in [0.717, 1.165) is 27.4 Å². The van der Waals surface area contributed by atoms with Crippen LogP contribution < -0.4 is 5.73 Å². The van der Waals surface area contributed by atoms with E-state index in [9.17, 15) is 4.39 Å². The SMILES string of the molecule is NCc1cccc(-c2nc(-c3ccc(F)cc3Br)cs2)c1. The first-order valence-corrected chi connectivity index (χ1v) is 8.05. The van der Waals surface area contributed by atoms with Gasteiger partial charge >= 0.3 is 0 Å². The first-order valence-electron chi connectivity index (χ1n) is 6.37. The van der Waals surface area contributed by atoms with Crippen LogP contribution in [0.5, 0.6) is 0 Å². The fourth-order valence-electron chi connectivity index (χ4n) is 2.06. The summed E-state index contributed by atoms with van der Waals surface area (Å²) in [4.78, 5) is 4.64. The number of aromatic nitrogens is 1. The van der Waals surface area contributed by atoms with Gasteiger partial charge in [-0.25, -0.2) is 9.37 Å². The number of benzene rings is 2. The summed E-state index contributed by atoms with van der Waals surface area (Å²) in [6.07, 6.45) is 0. The Balaban J connectivity index is 1.99. The van der Waals surface area contributed by atoms with Gasteiger partial charge in [0.2, 0.25) is 0 Å². The molecule has 3 rings (SSSR count). The zero-order valence-electron chi connectivity index (χ0n) is 11.0. The van der Waals surface area contributed by atoms with Crippen molar-refractivity contribution in [3.8, 4) is 21.8 Å². The van der Waals surface area contributed by atoms with Crippen molar-refractivity contribution in [3.63, 3.8) is 0 Å². The summed E-state index contributed by atoms with van der Waals surface area (Å²) in [5, 5.41) is 2.90. The van der Waals surface area contributed by atoms with E-state index < -0.39 is 0 Å². The molecule has 0 amide bonds. The van der Waals surface area contributed by atoms with Crippen LogP contribution in [-0.4, -0.2) is 4.98 Å². The second kappa shape index (κ2) is 6.05. The van der Waals surface area contributed by atoms with E-state index in [4.69, 9.17) is 5.73 Å². The Morgan fingerprint density at radius 3 is 2.81 bits per heavy atom. The number of hydrogen-bond acceptors (Lipinski definition) is 3. The molecule has 3 aromatic rings. The largest absolute Gasteiger partial charge is 0.326 e. The fourth-order valence-corrected chi connectivity index (χ4v) is 3.43. The summed E-state index contributed by atoms with van der Waals surface area (Å²) in [5.74, 6) is -0.267. The van der Waals surface area contributed by atoms with Gasteiger partial charge in [-0.05, 0) is 45.8 Å². The van der Waals surface area contributed by atoms with Crippen LogP contribution in [0.15, 0.2) is 52.3 Å². The maximum atomic E-state index is 13.2. The highest BCUT2D eigenvalue weighted by atomic mass is 79.9. The number of rotatable bonds is 3. The van der Waals surface area contributed by atoms with Crippen LogP contribution in [0.25, 0.3) is 21.8 Å². The van der Waals surface area contributed by atoms with Crippen molar-refractivity contribution in [2.45, 2.75) is 6.54 Å². The molecule has 1 aromatic heterocycles. The maximum absolute atomic E-state index is 13.2. The molecule has 0 saturated carbocycles. The summed E-state index contributed by atoms with van der Waals surface area (Å²) in [7, 11) is 0. The van der Waals surface area contributed by atoms with E-state index in [1.165, 1.54) is 12.1 Å². The van der Waals surface area contributed by atoms with Gasteiger partial charge in [0.05, 0.1) is 5.69 Å². The molecule has 21 heavy (non-hydrogen) atoms. The Morgan fingerprint density at radius 2 is 2.05 bits per heavy atom. The van der Waals surface area contributed by atoms with Crippen LogP contribution in [0, 0.1) is 5.82 Å². The molecular formula is C16H12BrFN2S. The fraction of sp³-hybridized carbons (Fsp3) is 0.0625. The Hall–Kier alpha value is -1.56. The van der Waals surface area contributed by atoms with Crippen LogP contribution in [-0.2, 0) is 6.54 Å². The Bertz CT molecular complexity index is 785. The van der Waals surface area contributed by atoms with Gasteiger partial charge in [-0.15, -0.1) is 11.3 Å². The smallest absolute Gasteiger partial charge is 0.124 e. The number of hydrogen-bond donors (Lipinski definition) is 1. The Kier molecular flexibility index (Phi) is 4.14. The van der Waals surface area contributed by atoms with Crippen LogP contribution in [0.1, 0.15) is 5.56 Å². The van der Waals surface area contributed by atoms with Gasteiger partial charge in [0.15, 0.2) is 0 Å². The molecule has 0 aliphatic heterocycles. The van der Waals surface area contributed by atoms with E-state index in [-0.39, 0.29) is 5.82 Å². The molecule has 2 aromatic carbocycles. The molecule has 0 fully saturated rings. The van der Waals surface area contributed by atoms with Crippen LogP contribution in [0.4, 0.5) is 4.39 Å². The highest BCUT2D eigenvalue weighted by Gasteiger charge is 2.10. The third-order valence-corrected chi connectivity index (χ3v) is 4.67. The third-order valence-electron chi connectivity index (χ3n) is 3.12. The summed E-state index contributed by atoms with van der Waals surface area (Å²) < 4.78 is 13.9. The quantitative estimate of drug-likeness (QED) is 0.723. The molecule has 0 spiro atoms. The van der Waals surface area contributed by atoms with Gasteiger partial charge in [-0.2, -0.15) is 0 Å². The Labute approximate surface area is 134 Å². The lowest BCUT2D eigenvalue weighted by Gasteiger charge is -2.02. The van der Waals surface area contributed by atoms with Gasteiger partial charge < -0.3 is 5.73 Å². The summed E-state index contributed by atoms with van der Waals surface area (Å²) >= 11 is 4.94. The molecular weight excluding hydrogens is 351 g/mol. The van der Waals surface area contributed by atoms with E-state index >= 15 is 0 Å². The molecule has 0 aliphatic rings. The maximum Gasteiger partial charge on any atom is 0.124 e. The minimum absolute atomic E-state index is 0.267. The van der Waals surface area contributed by atoms with Crippen molar-refractivity contribution in [1.29, 1.82) is 0 Å². The topological polar surface area (TPSA) is 38.9 Å². The van der Waals surface area contributed by atoms with Gasteiger partial charge in [-0.3, -0.25) is 0 Å². The van der Waals surface area contributed by atoms with Crippen LogP contribution in [0.3, 0.4) is 0 Å². The van der Waals surface area contributed by atoms with Crippen molar-refractivity contribution in [1.82, 2.24) is 4.98 Å². The van der Waals surface area contributed by atoms with Crippen LogP contribution in [0.2, 0.25) is 0 Å². The van der Waals surface area contributed by atoms with E-state index in [0.29, 0.717) is 11.0 Å². The highest BCUT2D eigenvalue weighted by molar-refractivity contribution is 9.10. The molecule has 0 bridgehead atoms. The monoisotopic (exact) mass is 362 g/mol. The lowest BCUT2D eigenvalue weighted by atomic mass is 10.1. The highest BCUT2D eigenvalue weighted by Crippen LogP contribution is 2.33. The summed E-state index contributed by atoms with van der Waals surface area (Å²) in [5.41, 5.74) is 9.51. The lowest BCUT2D eigenvalue weighted by molar-refractivity contribution is 0.627. The van der Waals surface area contributed by atoms with Gasteiger partial charge in [0, 0.05) is 27.5 Å². The van der Waals surface area contributed by atoms with E-state index in [1.807, 2.05) is 29.6 Å². The zero-order chi connectivity index (χ0) is 14.8. The molecule has 5 heteroatoms. The lowest BCUT2D eigenvalue weighted by Crippen LogP contribution is -1.95. The minimum atomic E-state index is -0.267. The number of thiazole rings is 1. The van der Waals surface area contributed by atoms with Crippen molar-refractivity contribution >= 4 is 27.3 Å². The zero-order valence-corrected chi connectivity index (χ0v) is 13.4. The van der Waals surface area contributed by atoms with E-state index in [2.05, 4.69) is 20.9 Å². The second-order valence-electron chi connectivity index (χ2n) is 4.57. The first kappa shape index (κ1) is 14.4. The van der Waals surface area contributed by atoms with Crippen molar-refractivity contribution in [3.05, 3.63) is 63.7 Å². The molecule has 0 saturated heterocycles. The standard InChI is InChI=1S/C16H12BrFN2S/c17-14-7-12(18)4-5-13(14)15-9-21-16(20-15)11-3-1-2-10(6-11)8-19/h1-7,9H,8,19H2. The average Bonchev–Trinajstić information content (AvgIpc) is 2.97.